The third-order valence-electron chi connectivity index (χ3n) is 8.00. The van der Waals surface area contributed by atoms with Crippen LogP contribution in [0, 0.1) is 18.8 Å². The molecule has 0 radical (unpaired) electrons. The number of rotatable bonds is 8. The number of piperidine rings is 1. The van der Waals surface area contributed by atoms with Crippen molar-refractivity contribution in [3.63, 3.8) is 0 Å². The van der Waals surface area contributed by atoms with Gasteiger partial charge in [-0.2, -0.15) is 0 Å². The number of carbonyl (C=O) groups excluding carboxylic acids is 2. The molecule has 0 aliphatic carbocycles. The molecule has 2 aliphatic rings. The first-order valence-electron chi connectivity index (χ1n) is 13.4. The zero-order chi connectivity index (χ0) is 26.7. The van der Waals surface area contributed by atoms with E-state index in [-0.39, 0.29) is 43.2 Å². The lowest BCUT2D eigenvalue weighted by molar-refractivity contribution is -0.142. The van der Waals surface area contributed by atoms with Crippen molar-refractivity contribution in [2.75, 3.05) is 26.2 Å². The van der Waals surface area contributed by atoms with E-state index in [1.165, 1.54) is 4.90 Å². The molecule has 0 spiro atoms. The highest BCUT2D eigenvalue weighted by molar-refractivity contribution is 7.13. The zero-order valence-electron chi connectivity index (χ0n) is 22.2. The summed E-state index contributed by atoms with van der Waals surface area (Å²) in [6.07, 6.45) is 1.42. The first-order valence-corrected chi connectivity index (χ1v) is 14.2. The molecule has 4 atom stereocenters. The van der Waals surface area contributed by atoms with Crippen molar-refractivity contribution in [3.8, 4) is 10.4 Å². The van der Waals surface area contributed by atoms with Crippen LogP contribution in [0.25, 0.3) is 10.4 Å². The summed E-state index contributed by atoms with van der Waals surface area (Å²) in [7, 11) is 0. The van der Waals surface area contributed by atoms with Crippen molar-refractivity contribution in [2.45, 2.75) is 71.1 Å². The Morgan fingerprint density at radius 3 is 2.59 bits per heavy atom. The Bertz CT molecular complexity index is 1100. The Morgan fingerprint density at radius 1 is 1.24 bits per heavy atom. The van der Waals surface area contributed by atoms with Gasteiger partial charge in [0.25, 0.3) is 0 Å². The Morgan fingerprint density at radius 2 is 1.97 bits per heavy atom. The first-order chi connectivity index (χ1) is 17.7. The summed E-state index contributed by atoms with van der Waals surface area (Å²) < 4.78 is 0. The van der Waals surface area contributed by atoms with Gasteiger partial charge in [0.05, 0.1) is 34.8 Å². The maximum absolute atomic E-state index is 13.5. The van der Waals surface area contributed by atoms with Gasteiger partial charge in [-0.15, -0.1) is 11.3 Å². The van der Waals surface area contributed by atoms with Gasteiger partial charge in [0.15, 0.2) is 0 Å². The maximum Gasteiger partial charge on any atom is 0.243 e. The molecule has 2 aromatic rings. The molecule has 2 amide bonds. The van der Waals surface area contributed by atoms with E-state index >= 15 is 0 Å². The number of aliphatic hydroxyl groups is 2. The van der Waals surface area contributed by atoms with Crippen molar-refractivity contribution >= 4 is 23.2 Å². The maximum atomic E-state index is 13.5. The average molecular weight is 529 g/mol. The summed E-state index contributed by atoms with van der Waals surface area (Å²) in [5.74, 6) is -0.255. The van der Waals surface area contributed by atoms with Crippen LogP contribution in [-0.2, 0) is 9.59 Å². The second-order valence-electron chi connectivity index (χ2n) is 10.8. The molecule has 0 bridgehead atoms. The van der Waals surface area contributed by atoms with Crippen LogP contribution in [0.4, 0.5) is 0 Å². The van der Waals surface area contributed by atoms with Crippen LogP contribution in [0.15, 0.2) is 23.7 Å². The van der Waals surface area contributed by atoms with Gasteiger partial charge in [0, 0.05) is 18.9 Å². The molecular weight excluding hydrogens is 488 g/mol. The summed E-state index contributed by atoms with van der Waals surface area (Å²) in [5.41, 5.74) is 5.97. The predicted molar refractivity (Wildman–Crippen MR) is 145 cm³/mol. The van der Waals surface area contributed by atoms with Gasteiger partial charge in [-0.3, -0.25) is 9.59 Å². The number of carbonyl (C=O) groups is 2. The number of amides is 2. The van der Waals surface area contributed by atoms with Crippen LogP contribution < -0.4 is 10.6 Å². The number of aliphatic hydroxyl groups excluding tert-OH is 2. The molecule has 3 heterocycles. The highest BCUT2D eigenvalue weighted by atomic mass is 32.1. The number of hydrogen-bond acceptors (Lipinski definition) is 7. The van der Waals surface area contributed by atoms with Gasteiger partial charge >= 0.3 is 0 Å². The summed E-state index contributed by atoms with van der Waals surface area (Å²) >= 11 is 1.61. The van der Waals surface area contributed by atoms with E-state index in [0.717, 1.165) is 53.2 Å². The minimum absolute atomic E-state index is 0.119. The largest absolute Gasteiger partial charge is 0.394 e. The van der Waals surface area contributed by atoms with E-state index < -0.39 is 18.2 Å². The molecule has 0 unspecified atom stereocenters. The number of thiazole rings is 1. The molecule has 4 rings (SSSR count). The number of β-amino-alcohol motifs (C(OH)–C–C–N with tert-alkyl or cyclic N) is 1. The van der Waals surface area contributed by atoms with Gasteiger partial charge in [-0.05, 0) is 67.4 Å². The molecule has 2 fully saturated rings. The Hall–Kier alpha value is -2.33. The Kier molecular flexibility index (Phi) is 9.00. The van der Waals surface area contributed by atoms with Gasteiger partial charge in [-0.1, -0.05) is 32.9 Å². The summed E-state index contributed by atoms with van der Waals surface area (Å²) in [6, 6.07) is 4.89. The first kappa shape index (κ1) is 27.7. The van der Waals surface area contributed by atoms with Crippen LogP contribution in [0.5, 0.6) is 0 Å². The normalized spacial score (nSPS) is 22.3. The summed E-state index contributed by atoms with van der Waals surface area (Å²) in [6.45, 7) is 9.57. The molecule has 1 aromatic carbocycles. The molecule has 4 N–H and O–H groups in total. The SMILES string of the molecule is Cc1ncsc1-c1ccc([C@H](CO)NC(=O)[C@@H]2C[C@@H](O)CN2C(=O)[C@@H](C)C(C)C)c(C2CCNCC2)c1. The molecule has 2 saturated heterocycles. The quantitative estimate of drug-likeness (QED) is 0.419. The molecule has 1 aromatic heterocycles. The highest BCUT2D eigenvalue weighted by Crippen LogP contribution is 2.37. The van der Waals surface area contributed by atoms with Crippen LogP contribution >= 0.6 is 11.3 Å². The minimum Gasteiger partial charge on any atom is -0.394 e. The third kappa shape index (κ3) is 6.06. The average Bonchev–Trinajstić information content (AvgIpc) is 3.51. The molecule has 0 saturated carbocycles. The fraction of sp³-hybridized carbons (Fsp3) is 0.607. The van der Waals surface area contributed by atoms with Crippen LogP contribution in [-0.4, -0.2) is 70.3 Å². The number of nitrogens with one attached hydrogen (secondary N) is 2. The fourth-order valence-electron chi connectivity index (χ4n) is 5.44. The lowest BCUT2D eigenvalue weighted by atomic mass is 9.83. The topological polar surface area (TPSA) is 115 Å². The van der Waals surface area contributed by atoms with Crippen molar-refractivity contribution < 1.29 is 19.8 Å². The van der Waals surface area contributed by atoms with Gasteiger partial charge in [0.2, 0.25) is 11.8 Å². The van der Waals surface area contributed by atoms with Crippen molar-refractivity contribution in [2.24, 2.45) is 11.8 Å². The van der Waals surface area contributed by atoms with Gasteiger partial charge in [0.1, 0.15) is 6.04 Å². The number of aryl methyl sites for hydroxylation is 1. The van der Waals surface area contributed by atoms with Gasteiger partial charge < -0.3 is 25.7 Å². The number of nitrogens with zero attached hydrogens (tertiary/aromatic N) is 2. The van der Waals surface area contributed by atoms with Crippen molar-refractivity contribution in [3.05, 3.63) is 40.5 Å². The van der Waals surface area contributed by atoms with Gasteiger partial charge in [-0.25, -0.2) is 4.98 Å². The molecular formula is C28H40N4O4S. The Balaban J connectivity index is 1.61. The van der Waals surface area contributed by atoms with Crippen molar-refractivity contribution in [1.82, 2.24) is 20.5 Å². The van der Waals surface area contributed by atoms with Crippen LogP contribution in [0.1, 0.15) is 68.8 Å². The van der Waals surface area contributed by atoms with Crippen LogP contribution in [0.3, 0.4) is 0 Å². The molecule has 8 nitrogen and oxygen atoms in total. The van der Waals surface area contributed by atoms with E-state index in [1.807, 2.05) is 45.3 Å². The number of hydrogen-bond donors (Lipinski definition) is 4. The number of likely N-dealkylation sites (tertiary alicyclic amines) is 1. The number of aromatic nitrogens is 1. The second-order valence-corrected chi connectivity index (χ2v) is 11.7. The summed E-state index contributed by atoms with van der Waals surface area (Å²) in [4.78, 5) is 33.6. The summed E-state index contributed by atoms with van der Waals surface area (Å²) in [5, 5.41) is 27.2. The Labute approximate surface area is 223 Å². The standard InChI is InChI=1S/C28H40N4O4S/c1-16(2)17(3)28(36)32-13-21(34)12-25(32)27(35)31-24(14-33)22-6-5-20(26-18(4)30-15-37-26)11-23(22)19-7-9-29-10-8-19/h5-6,11,15-17,19,21,24-25,29,33-34H,7-10,12-14H2,1-4H3,(H,31,35)/t17-,21+,24-,25-/m0/s1. The predicted octanol–water partition coefficient (Wildman–Crippen LogP) is 2.99. The minimum atomic E-state index is -0.751. The lowest BCUT2D eigenvalue weighted by Gasteiger charge is -2.31. The third-order valence-corrected chi connectivity index (χ3v) is 8.98. The van der Waals surface area contributed by atoms with Crippen molar-refractivity contribution in [1.29, 1.82) is 0 Å². The van der Waals surface area contributed by atoms with Crippen LogP contribution in [0.2, 0.25) is 0 Å². The lowest BCUT2D eigenvalue weighted by Crippen LogP contribution is -2.49. The van der Waals surface area contributed by atoms with E-state index in [4.69, 9.17) is 0 Å². The zero-order valence-corrected chi connectivity index (χ0v) is 23.1. The monoisotopic (exact) mass is 528 g/mol. The second kappa shape index (κ2) is 12.0. The van der Waals surface area contributed by atoms with E-state index in [1.54, 1.807) is 11.3 Å². The van der Waals surface area contributed by atoms with E-state index in [9.17, 15) is 19.8 Å². The number of benzene rings is 1. The molecule has 37 heavy (non-hydrogen) atoms. The van der Waals surface area contributed by atoms with E-state index in [0.29, 0.717) is 5.92 Å². The van der Waals surface area contributed by atoms with E-state index in [2.05, 4.69) is 21.7 Å². The smallest absolute Gasteiger partial charge is 0.243 e. The highest BCUT2D eigenvalue weighted by Gasteiger charge is 2.41. The molecule has 202 valence electrons. The molecule has 2 aliphatic heterocycles. The fourth-order valence-corrected chi connectivity index (χ4v) is 6.24. The molecule has 9 heteroatoms.